The summed E-state index contributed by atoms with van der Waals surface area (Å²) in [6.07, 6.45) is 0. The summed E-state index contributed by atoms with van der Waals surface area (Å²) in [6.45, 7) is 1.89. The maximum absolute atomic E-state index is 13.6. The molecule has 1 atom stereocenters. The SMILES string of the molecule is Cc1ccc(C(Cl)c2cc(F)ccc2F)c(Cl)c1. The minimum atomic E-state index is -0.811. The lowest BCUT2D eigenvalue weighted by atomic mass is 10.0. The summed E-state index contributed by atoms with van der Waals surface area (Å²) in [4.78, 5) is 0. The van der Waals surface area contributed by atoms with Crippen LogP contribution in [-0.4, -0.2) is 0 Å². The first-order chi connectivity index (χ1) is 8.49. The molecule has 0 bridgehead atoms. The van der Waals surface area contributed by atoms with Gasteiger partial charge in [0.2, 0.25) is 0 Å². The lowest BCUT2D eigenvalue weighted by molar-refractivity contribution is 0.587. The fraction of sp³-hybridized carbons (Fsp3) is 0.143. The molecule has 0 aliphatic carbocycles. The summed E-state index contributed by atoms with van der Waals surface area (Å²) in [5.74, 6) is -1.08. The second kappa shape index (κ2) is 5.25. The third-order valence-electron chi connectivity index (χ3n) is 2.66. The van der Waals surface area contributed by atoms with Gasteiger partial charge in [0.25, 0.3) is 0 Å². The van der Waals surface area contributed by atoms with Crippen LogP contribution in [0, 0.1) is 18.6 Å². The van der Waals surface area contributed by atoms with Crippen LogP contribution in [0.3, 0.4) is 0 Å². The normalized spacial score (nSPS) is 12.5. The second-order valence-electron chi connectivity index (χ2n) is 4.05. The zero-order valence-corrected chi connectivity index (χ0v) is 11.1. The van der Waals surface area contributed by atoms with Crippen molar-refractivity contribution >= 4 is 23.2 Å². The first-order valence-electron chi connectivity index (χ1n) is 5.34. The van der Waals surface area contributed by atoms with Gasteiger partial charge < -0.3 is 0 Å². The van der Waals surface area contributed by atoms with E-state index in [4.69, 9.17) is 23.2 Å². The summed E-state index contributed by atoms with van der Waals surface area (Å²) in [6, 6.07) is 8.49. The average molecular weight is 287 g/mol. The first-order valence-corrected chi connectivity index (χ1v) is 6.15. The highest BCUT2D eigenvalue weighted by Crippen LogP contribution is 2.35. The average Bonchev–Trinajstić information content (AvgIpc) is 2.31. The summed E-state index contributed by atoms with van der Waals surface area (Å²) < 4.78 is 26.8. The molecule has 0 amide bonds. The monoisotopic (exact) mass is 286 g/mol. The van der Waals surface area contributed by atoms with Gasteiger partial charge in [-0.25, -0.2) is 8.78 Å². The Hall–Kier alpha value is -1.12. The van der Waals surface area contributed by atoms with E-state index in [9.17, 15) is 8.78 Å². The van der Waals surface area contributed by atoms with Crippen molar-refractivity contribution in [3.63, 3.8) is 0 Å². The van der Waals surface area contributed by atoms with Crippen molar-refractivity contribution in [1.29, 1.82) is 0 Å². The molecule has 0 aliphatic heterocycles. The van der Waals surface area contributed by atoms with E-state index in [2.05, 4.69) is 0 Å². The zero-order valence-electron chi connectivity index (χ0n) is 9.55. The molecular weight excluding hydrogens is 277 g/mol. The zero-order chi connectivity index (χ0) is 13.3. The van der Waals surface area contributed by atoms with Crippen LogP contribution in [0.2, 0.25) is 5.02 Å². The minimum absolute atomic E-state index is 0.0856. The third-order valence-corrected chi connectivity index (χ3v) is 3.46. The van der Waals surface area contributed by atoms with Crippen LogP contribution in [0.25, 0.3) is 0 Å². The highest BCUT2D eigenvalue weighted by atomic mass is 35.5. The lowest BCUT2D eigenvalue weighted by Crippen LogP contribution is -1.99. The van der Waals surface area contributed by atoms with E-state index in [1.54, 1.807) is 12.1 Å². The minimum Gasteiger partial charge on any atom is -0.207 e. The molecular formula is C14H10Cl2F2. The molecule has 94 valence electrons. The van der Waals surface area contributed by atoms with Crippen molar-refractivity contribution < 1.29 is 8.78 Å². The summed E-state index contributed by atoms with van der Waals surface area (Å²) >= 11 is 12.2. The van der Waals surface area contributed by atoms with Gasteiger partial charge in [-0.1, -0.05) is 23.7 Å². The number of benzene rings is 2. The van der Waals surface area contributed by atoms with Crippen molar-refractivity contribution in [2.45, 2.75) is 12.3 Å². The molecule has 0 nitrogen and oxygen atoms in total. The molecule has 2 rings (SSSR count). The highest BCUT2D eigenvalue weighted by Gasteiger charge is 2.18. The van der Waals surface area contributed by atoms with Crippen molar-refractivity contribution in [3.05, 3.63) is 69.7 Å². The molecule has 0 aliphatic rings. The molecule has 2 aromatic rings. The Labute approximate surface area is 114 Å². The molecule has 2 aromatic carbocycles. The lowest BCUT2D eigenvalue weighted by Gasteiger charge is -2.13. The van der Waals surface area contributed by atoms with Gasteiger partial charge in [-0.2, -0.15) is 0 Å². The third kappa shape index (κ3) is 2.65. The van der Waals surface area contributed by atoms with Crippen LogP contribution in [-0.2, 0) is 0 Å². The van der Waals surface area contributed by atoms with Crippen molar-refractivity contribution in [1.82, 2.24) is 0 Å². The van der Waals surface area contributed by atoms with Crippen LogP contribution in [0.1, 0.15) is 22.1 Å². The van der Waals surface area contributed by atoms with E-state index in [-0.39, 0.29) is 5.56 Å². The number of aryl methyl sites for hydroxylation is 1. The van der Waals surface area contributed by atoms with Gasteiger partial charge in [0.1, 0.15) is 11.6 Å². The molecule has 0 saturated carbocycles. The Morgan fingerprint density at radius 2 is 1.72 bits per heavy atom. The van der Waals surface area contributed by atoms with E-state index >= 15 is 0 Å². The largest absolute Gasteiger partial charge is 0.207 e. The Morgan fingerprint density at radius 1 is 1.00 bits per heavy atom. The Morgan fingerprint density at radius 3 is 2.39 bits per heavy atom. The molecule has 0 heterocycles. The van der Waals surface area contributed by atoms with Gasteiger partial charge >= 0.3 is 0 Å². The quantitative estimate of drug-likeness (QED) is 0.661. The van der Waals surface area contributed by atoms with Crippen molar-refractivity contribution in [2.24, 2.45) is 0 Å². The van der Waals surface area contributed by atoms with E-state index in [1.165, 1.54) is 0 Å². The Kier molecular flexibility index (Phi) is 3.88. The summed E-state index contributed by atoms with van der Waals surface area (Å²) in [5, 5.41) is -0.368. The first kappa shape index (κ1) is 13.3. The number of alkyl halides is 1. The van der Waals surface area contributed by atoms with Gasteiger partial charge in [-0.05, 0) is 42.3 Å². The molecule has 18 heavy (non-hydrogen) atoms. The van der Waals surface area contributed by atoms with Crippen LogP contribution >= 0.6 is 23.2 Å². The fourth-order valence-electron chi connectivity index (χ4n) is 1.71. The molecule has 0 aromatic heterocycles. The molecule has 4 heteroatoms. The molecule has 1 unspecified atom stereocenters. The van der Waals surface area contributed by atoms with Crippen molar-refractivity contribution in [2.75, 3.05) is 0 Å². The number of hydrogen-bond donors (Lipinski definition) is 0. The maximum Gasteiger partial charge on any atom is 0.128 e. The second-order valence-corrected chi connectivity index (χ2v) is 4.90. The van der Waals surface area contributed by atoms with Crippen LogP contribution in [0.4, 0.5) is 8.78 Å². The van der Waals surface area contributed by atoms with Crippen LogP contribution in [0.15, 0.2) is 36.4 Å². The molecule has 0 N–H and O–H groups in total. The summed E-state index contributed by atoms with van der Waals surface area (Å²) in [5.41, 5.74) is 1.63. The van der Waals surface area contributed by atoms with E-state index in [1.807, 2.05) is 13.0 Å². The fourth-order valence-corrected chi connectivity index (χ4v) is 2.47. The van der Waals surface area contributed by atoms with E-state index in [0.29, 0.717) is 10.6 Å². The summed E-state index contributed by atoms with van der Waals surface area (Å²) in [7, 11) is 0. The van der Waals surface area contributed by atoms with Crippen LogP contribution < -0.4 is 0 Å². The Bertz CT molecular complexity index is 582. The molecule has 0 saturated heterocycles. The smallest absolute Gasteiger partial charge is 0.128 e. The van der Waals surface area contributed by atoms with Crippen molar-refractivity contribution in [3.8, 4) is 0 Å². The number of hydrogen-bond acceptors (Lipinski definition) is 0. The van der Waals surface area contributed by atoms with Crippen LogP contribution in [0.5, 0.6) is 0 Å². The topological polar surface area (TPSA) is 0 Å². The number of halogens is 4. The predicted octanol–water partition coefficient (Wildman–Crippen LogP) is 5.25. The predicted molar refractivity (Wildman–Crippen MR) is 70.2 cm³/mol. The van der Waals surface area contributed by atoms with Gasteiger partial charge in [-0.15, -0.1) is 11.6 Å². The van der Waals surface area contributed by atoms with E-state index < -0.39 is 17.0 Å². The van der Waals surface area contributed by atoms with E-state index in [0.717, 1.165) is 23.8 Å². The van der Waals surface area contributed by atoms with Gasteiger partial charge in [-0.3, -0.25) is 0 Å². The molecule has 0 fully saturated rings. The molecule has 0 radical (unpaired) electrons. The van der Waals surface area contributed by atoms with Gasteiger partial charge in [0.05, 0.1) is 5.38 Å². The standard InChI is InChI=1S/C14H10Cl2F2/c1-8-2-4-10(12(15)6-8)14(16)11-7-9(17)3-5-13(11)18/h2-7,14H,1H3. The Balaban J connectivity index is 2.47. The highest BCUT2D eigenvalue weighted by molar-refractivity contribution is 6.33. The number of rotatable bonds is 2. The molecule has 0 spiro atoms. The maximum atomic E-state index is 13.6. The van der Waals surface area contributed by atoms with Gasteiger partial charge in [0.15, 0.2) is 0 Å². The van der Waals surface area contributed by atoms with Gasteiger partial charge in [0, 0.05) is 10.6 Å².